The Labute approximate surface area is 172 Å². The Morgan fingerprint density at radius 2 is 2.10 bits per heavy atom. The molecule has 8 nitrogen and oxygen atoms in total. The van der Waals surface area contributed by atoms with Crippen LogP contribution in [0.5, 0.6) is 0 Å². The molecule has 1 N–H and O–H groups in total. The maximum Gasteiger partial charge on any atom is 0.265 e. The van der Waals surface area contributed by atoms with E-state index in [1.165, 1.54) is 11.3 Å². The number of pyridine rings is 1. The minimum Gasteiger partial charge on any atom is -0.347 e. The molecule has 152 valence electrons. The van der Waals surface area contributed by atoms with Crippen molar-refractivity contribution in [3.05, 3.63) is 43.9 Å². The number of fused-ring (bicyclic) bond motifs is 1. The molecule has 3 aromatic heterocycles. The van der Waals surface area contributed by atoms with Gasteiger partial charge >= 0.3 is 0 Å². The Kier molecular flexibility index (Phi) is 5.08. The van der Waals surface area contributed by atoms with Crippen molar-refractivity contribution in [3.63, 3.8) is 0 Å². The molecule has 9 heteroatoms. The number of hydrogen-bond acceptors (Lipinski definition) is 7. The van der Waals surface area contributed by atoms with Crippen molar-refractivity contribution in [2.45, 2.75) is 32.6 Å². The molecule has 1 atom stereocenters. The zero-order valence-electron chi connectivity index (χ0n) is 17.0. The molecule has 1 fully saturated rings. The van der Waals surface area contributed by atoms with Gasteiger partial charge in [-0.2, -0.15) is 0 Å². The van der Waals surface area contributed by atoms with Gasteiger partial charge < -0.3 is 14.8 Å². The fourth-order valence-corrected chi connectivity index (χ4v) is 4.66. The van der Waals surface area contributed by atoms with Crippen LogP contribution in [0.1, 0.15) is 44.8 Å². The first-order chi connectivity index (χ1) is 13.8. The topological polar surface area (TPSA) is 95.1 Å². The lowest BCUT2D eigenvalue weighted by molar-refractivity contribution is 0.0710. The Morgan fingerprint density at radius 1 is 1.31 bits per heavy atom. The van der Waals surface area contributed by atoms with E-state index in [9.17, 15) is 9.59 Å². The third-order valence-electron chi connectivity index (χ3n) is 5.25. The molecule has 1 unspecified atom stereocenters. The molecule has 1 amide bonds. The van der Waals surface area contributed by atoms with Crippen LogP contribution in [0.2, 0.25) is 0 Å². The number of H-pyrrole nitrogens is 1. The fourth-order valence-electron chi connectivity index (χ4n) is 3.78. The van der Waals surface area contributed by atoms with Gasteiger partial charge in [-0.25, -0.2) is 15.0 Å². The molecule has 1 aliphatic heterocycles. The van der Waals surface area contributed by atoms with E-state index in [-0.39, 0.29) is 17.4 Å². The van der Waals surface area contributed by atoms with E-state index in [1.54, 1.807) is 11.1 Å². The van der Waals surface area contributed by atoms with Crippen LogP contribution < -0.4 is 10.5 Å². The predicted molar refractivity (Wildman–Crippen MR) is 114 cm³/mol. The minimum absolute atomic E-state index is 0.0261. The van der Waals surface area contributed by atoms with Crippen LogP contribution in [0.15, 0.2) is 17.1 Å². The van der Waals surface area contributed by atoms with Gasteiger partial charge in [0.05, 0.1) is 21.6 Å². The summed E-state index contributed by atoms with van der Waals surface area (Å²) in [4.78, 5) is 46.1. The number of anilines is 1. The molecule has 0 spiro atoms. The summed E-state index contributed by atoms with van der Waals surface area (Å²) in [6.45, 7) is 5.08. The van der Waals surface area contributed by atoms with Gasteiger partial charge in [-0.3, -0.25) is 9.59 Å². The van der Waals surface area contributed by atoms with Crippen molar-refractivity contribution < 1.29 is 4.79 Å². The number of aromatic amines is 1. The number of nitrogens with zero attached hydrogens (tertiary/aromatic N) is 5. The summed E-state index contributed by atoms with van der Waals surface area (Å²) in [7, 11) is 3.73. The summed E-state index contributed by atoms with van der Waals surface area (Å²) in [6.07, 6.45) is 3.36. The van der Waals surface area contributed by atoms with Gasteiger partial charge in [0.1, 0.15) is 4.88 Å². The third kappa shape index (κ3) is 3.74. The van der Waals surface area contributed by atoms with Gasteiger partial charge in [-0.15, -0.1) is 11.3 Å². The molecule has 0 saturated carbocycles. The molecule has 0 radical (unpaired) electrons. The Balaban J connectivity index is 1.64. The van der Waals surface area contributed by atoms with Crippen LogP contribution in [0.3, 0.4) is 0 Å². The number of nitrogens with one attached hydrogen (secondary N) is 1. The van der Waals surface area contributed by atoms with Crippen LogP contribution in [-0.2, 0) is 0 Å². The molecule has 0 aromatic carbocycles. The highest BCUT2D eigenvalue weighted by Crippen LogP contribution is 2.29. The van der Waals surface area contributed by atoms with Crippen molar-refractivity contribution >= 4 is 34.1 Å². The molecule has 0 bridgehead atoms. The highest BCUT2D eigenvalue weighted by Gasteiger charge is 2.28. The largest absolute Gasteiger partial charge is 0.347 e. The molecule has 1 saturated heterocycles. The minimum atomic E-state index is -0.194. The Morgan fingerprint density at radius 3 is 2.79 bits per heavy atom. The van der Waals surface area contributed by atoms with Crippen LogP contribution in [0.25, 0.3) is 10.9 Å². The zero-order valence-corrected chi connectivity index (χ0v) is 17.8. The highest BCUT2D eigenvalue weighted by atomic mass is 32.1. The number of hydrogen-bond donors (Lipinski definition) is 1. The number of aryl methyl sites for hydroxylation is 2. The van der Waals surface area contributed by atoms with Gasteiger partial charge in [0.2, 0.25) is 5.95 Å². The number of amides is 1. The first kappa shape index (κ1) is 19.5. The van der Waals surface area contributed by atoms with Gasteiger partial charge in [0, 0.05) is 45.0 Å². The summed E-state index contributed by atoms with van der Waals surface area (Å²) < 4.78 is 0. The van der Waals surface area contributed by atoms with Crippen LogP contribution in [0.4, 0.5) is 5.95 Å². The molecule has 4 rings (SSSR count). The third-order valence-corrected chi connectivity index (χ3v) is 6.31. The second-order valence-electron chi connectivity index (χ2n) is 7.65. The van der Waals surface area contributed by atoms with Crippen molar-refractivity contribution in [2.24, 2.45) is 0 Å². The summed E-state index contributed by atoms with van der Waals surface area (Å²) in [6, 6.07) is 1.92. The zero-order chi connectivity index (χ0) is 20.7. The SMILES string of the molecule is Cc1nc(C)c(C(=O)N2CCCC(c3cc4nc(N(C)C)ncc4c(=O)[nH]3)C2)s1. The first-order valence-electron chi connectivity index (χ1n) is 9.64. The second kappa shape index (κ2) is 7.55. The second-order valence-corrected chi connectivity index (χ2v) is 8.86. The standard InChI is InChI=1S/C20H24N6O2S/c1-11-17(29-12(2)22-11)19(28)26-7-5-6-13(10-26)15-8-16-14(18(27)23-15)9-21-20(24-16)25(3)4/h8-9,13H,5-7,10H2,1-4H3,(H,23,27). The number of rotatable bonds is 3. The van der Waals surface area contributed by atoms with Crippen LogP contribution in [-0.4, -0.2) is 57.9 Å². The smallest absolute Gasteiger partial charge is 0.265 e. The summed E-state index contributed by atoms with van der Waals surface area (Å²) in [5.41, 5.74) is 2.03. The van der Waals surface area contributed by atoms with E-state index < -0.39 is 0 Å². The number of thiazole rings is 1. The summed E-state index contributed by atoms with van der Waals surface area (Å²) in [5.74, 6) is 0.653. The molecule has 3 aromatic rings. The molecule has 29 heavy (non-hydrogen) atoms. The average Bonchev–Trinajstić information content (AvgIpc) is 3.05. The lowest BCUT2D eigenvalue weighted by atomic mass is 9.93. The normalized spacial score (nSPS) is 17.0. The van der Waals surface area contributed by atoms with Crippen molar-refractivity contribution in [2.75, 3.05) is 32.1 Å². The monoisotopic (exact) mass is 412 g/mol. The Bertz CT molecular complexity index is 1140. The van der Waals surface area contributed by atoms with E-state index in [1.807, 2.05) is 38.9 Å². The lowest BCUT2D eigenvalue weighted by Crippen LogP contribution is -2.39. The number of aromatic nitrogens is 4. The van der Waals surface area contributed by atoms with Gasteiger partial charge in [0.15, 0.2) is 0 Å². The maximum absolute atomic E-state index is 13.0. The molecule has 4 heterocycles. The van der Waals surface area contributed by atoms with Crippen molar-refractivity contribution in [3.8, 4) is 0 Å². The molecular formula is C20H24N6O2S. The highest BCUT2D eigenvalue weighted by molar-refractivity contribution is 7.13. The van der Waals surface area contributed by atoms with E-state index in [0.717, 1.165) is 35.8 Å². The van der Waals surface area contributed by atoms with Gasteiger partial charge in [-0.05, 0) is 32.8 Å². The fraction of sp³-hybridized carbons (Fsp3) is 0.450. The lowest BCUT2D eigenvalue weighted by Gasteiger charge is -2.32. The van der Waals surface area contributed by atoms with E-state index in [0.29, 0.717) is 28.3 Å². The van der Waals surface area contributed by atoms with Crippen molar-refractivity contribution in [1.29, 1.82) is 0 Å². The van der Waals surface area contributed by atoms with E-state index >= 15 is 0 Å². The quantitative estimate of drug-likeness (QED) is 0.710. The number of carbonyl (C=O) groups excluding carboxylic acids is 1. The average molecular weight is 413 g/mol. The van der Waals surface area contributed by atoms with E-state index in [4.69, 9.17) is 0 Å². The summed E-state index contributed by atoms with van der Waals surface area (Å²) in [5, 5.41) is 1.37. The van der Waals surface area contributed by atoms with Crippen LogP contribution in [0, 0.1) is 13.8 Å². The number of likely N-dealkylation sites (tertiary alicyclic amines) is 1. The van der Waals surface area contributed by atoms with Crippen molar-refractivity contribution in [1.82, 2.24) is 24.8 Å². The first-order valence-corrected chi connectivity index (χ1v) is 10.5. The van der Waals surface area contributed by atoms with E-state index in [2.05, 4.69) is 19.9 Å². The molecule has 0 aliphatic carbocycles. The number of piperidine rings is 1. The molecular weight excluding hydrogens is 388 g/mol. The number of carbonyl (C=O) groups is 1. The maximum atomic E-state index is 13.0. The summed E-state index contributed by atoms with van der Waals surface area (Å²) >= 11 is 1.44. The Hall–Kier alpha value is -2.81. The predicted octanol–water partition coefficient (Wildman–Crippen LogP) is 2.48. The molecule has 1 aliphatic rings. The van der Waals surface area contributed by atoms with Gasteiger partial charge in [0.25, 0.3) is 11.5 Å². The van der Waals surface area contributed by atoms with Gasteiger partial charge in [-0.1, -0.05) is 0 Å². The van der Waals surface area contributed by atoms with Crippen LogP contribution >= 0.6 is 11.3 Å².